The predicted molar refractivity (Wildman–Crippen MR) is 94.2 cm³/mol. The Kier molecular flexibility index (Phi) is 5.99. The molecule has 1 N–H and O–H groups in total. The molecule has 1 aromatic carbocycles. The molecule has 1 heterocycles. The second-order valence-corrected chi connectivity index (χ2v) is 5.84. The molecule has 26 heavy (non-hydrogen) atoms. The number of aromatic amines is 1. The maximum atomic E-state index is 12.6. The predicted octanol–water partition coefficient (Wildman–Crippen LogP) is 3.63. The van der Waals surface area contributed by atoms with E-state index in [4.69, 9.17) is 21.1 Å². The van der Waals surface area contributed by atoms with E-state index in [9.17, 15) is 19.7 Å². The number of non-ortho nitro benzene ring substituents is 1. The summed E-state index contributed by atoms with van der Waals surface area (Å²) in [5, 5.41) is 10.7. The SMILES string of the molecule is CCOC(=O)c1c(C)[nH]c(C)c1C(=O)COc1ccc([N+](=O)[O-])cc1Cl. The molecular formula is C17H17ClN2O6. The van der Waals surface area contributed by atoms with Crippen LogP contribution in [0.3, 0.4) is 0 Å². The van der Waals surface area contributed by atoms with Gasteiger partial charge in [0.05, 0.1) is 27.7 Å². The zero-order valence-electron chi connectivity index (χ0n) is 14.4. The van der Waals surface area contributed by atoms with E-state index in [1.807, 2.05) is 0 Å². The van der Waals surface area contributed by atoms with Crippen LogP contribution in [-0.4, -0.2) is 34.9 Å². The third-order valence-electron chi connectivity index (χ3n) is 3.62. The minimum atomic E-state index is -0.592. The Morgan fingerprint density at radius 3 is 2.46 bits per heavy atom. The van der Waals surface area contributed by atoms with Crippen LogP contribution < -0.4 is 4.74 Å². The standard InChI is InChI=1S/C17H17ClN2O6/c1-4-25-17(22)16-10(3)19-9(2)15(16)13(21)8-26-14-6-5-11(20(23)24)7-12(14)18/h5-7,19H,4,8H2,1-3H3. The van der Waals surface area contributed by atoms with E-state index >= 15 is 0 Å². The summed E-state index contributed by atoms with van der Waals surface area (Å²) in [7, 11) is 0. The van der Waals surface area contributed by atoms with Crippen LogP contribution in [0.2, 0.25) is 5.02 Å². The molecule has 0 aliphatic heterocycles. The van der Waals surface area contributed by atoms with Crippen molar-refractivity contribution in [3.8, 4) is 5.75 Å². The van der Waals surface area contributed by atoms with Gasteiger partial charge in [-0.2, -0.15) is 0 Å². The number of rotatable bonds is 7. The molecule has 1 aromatic heterocycles. The summed E-state index contributed by atoms with van der Waals surface area (Å²) < 4.78 is 10.4. The van der Waals surface area contributed by atoms with Crippen molar-refractivity contribution in [1.29, 1.82) is 0 Å². The lowest BCUT2D eigenvalue weighted by molar-refractivity contribution is -0.384. The lowest BCUT2D eigenvalue weighted by Crippen LogP contribution is -2.17. The molecule has 0 aliphatic carbocycles. The number of nitrogens with one attached hydrogen (secondary N) is 1. The van der Waals surface area contributed by atoms with Gasteiger partial charge in [0.15, 0.2) is 6.61 Å². The molecule has 0 bridgehead atoms. The number of hydrogen-bond donors (Lipinski definition) is 1. The first-order valence-corrected chi connectivity index (χ1v) is 8.10. The minimum absolute atomic E-state index is 0.0135. The quantitative estimate of drug-likeness (QED) is 0.340. The number of carbonyl (C=O) groups is 2. The topological polar surface area (TPSA) is 112 Å². The molecule has 0 amide bonds. The monoisotopic (exact) mass is 380 g/mol. The lowest BCUT2D eigenvalue weighted by Gasteiger charge is -2.09. The van der Waals surface area contributed by atoms with Crippen molar-refractivity contribution in [2.24, 2.45) is 0 Å². The molecule has 138 valence electrons. The number of aromatic nitrogens is 1. The minimum Gasteiger partial charge on any atom is -0.484 e. The van der Waals surface area contributed by atoms with Crippen molar-refractivity contribution in [2.45, 2.75) is 20.8 Å². The van der Waals surface area contributed by atoms with Crippen LogP contribution in [0.5, 0.6) is 5.75 Å². The third kappa shape index (κ3) is 4.02. The molecule has 0 saturated heterocycles. The van der Waals surface area contributed by atoms with Gasteiger partial charge in [-0.15, -0.1) is 0 Å². The second kappa shape index (κ2) is 8.01. The van der Waals surface area contributed by atoms with Crippen molar-refractivity contribution < 1.29 is 24.0 Å². The summed E-state index contributed by atoms with van der Waals surface area (Å²) in [6, 6.07) is 3.67. The molecule has 2 rings (SSSR count). The van der Waals surface area contributed by atoms with Crippen molar-refractivity contribution in [1.82, 2.24) is 4.98 Å². The highest BCUT2D eigenvalue weighted by molar-refractivity contribution is 6.32. The van der Waals surface area contributed by atoms with Gasteiger partial charge >= 0.3 is 5.97 Å². The van der Waals surface area contributed by atoms with Crippen LogP contribution >= 0.6 is 11.6 Å². The summed E-state index contributed by atoms with van der Waals surface area (Å²) in [6.07, 6.45) is 0. The van der Waals surface area contributed by atoms with Gasteiger partial charge in [0.25, 0.3) is 5.69 Å². The fourth-order valence-corrected chi connectivity index (χ4v) is 2.75. The van der Waals surface area contributed by atoms with Gasteiger partial charge in [0.2, 0.25) is 5.78 Å². The van der Waals surface area contributed by atoms with E-state index in [2.05, 4.69) is 4.98 Å². The van der Waals surface area contributed by atoms with Gasteiger partial charge in [-0.3, -0.25) is 14.9 Å². The molecule has 0 aliphatic rings. The Bertz CT molecular complexity index is 874. The molecule has 0 spiro atoms. The molecule has 2 aromatic rings. The summed E-state index contributed by atoms with van der Waals surface area (Å²) in [5.41, 5.74) is 1.23. The summed E-state index contributed by atoms with van der Waals surface area (Å²) >= 11 is 5.94. The molecule has 0 atom stereocenters. The smallest absolute Gasteiger partial charge is 0.340 e. The van der Waals surface area contributed by atoms with Gasteiger partial charge in [0.1, 0.15) is 5.75 Å². The van der Waals surface area contributed by atoms with Crippen LogP contribution in [-0.2, 0) is 4.74 Å². The first kappa shape index (κ1) is 19.5. The van der Waals surface area contributed by atoms with E-state index in [0.717, 1.165) is 6.07 Å². The Labute approximate surface area is 154 Å². The zero-order valence-corrected chi connectivity index (χ0v) is 15.2. The normalized spacial score (nSPS) is 10.5. The molecule has 0 saturated carbocycles. The van der Waals surface area contributed by atoms with Crippen molar-refractivity contribution in [3.63, 3.8) is 0 Å². The highest BCUT2D eigenvalue weighted by Gasteiger charge is 2.25. The number of benzene rings is 1. The van der Waals surface area contributed by atoms with Crippen LogP contribution in [0.15, 0.2) is 18.2 Å². The molecule has 0 unspecified atom stereocenters. The molecule has 9 heteroatoms. The fraction of sp³-hybridized carbons (Fsp3) is 0.294. The van der Waals surface area contributed by atoms with Gasteiger partial charge in [-0.1, -0.05) is 11.6 Å². The Hall–Kier alpha value is -2.87. The highest BCUT2D eigenvalue weighted by Crippen LogP contribution is 2.29. The Morgan fingerprint density at radius 1 is 1.23 bits per heavy atom. The fourth-order valence-electron chi connectivity index (χ4n) is 2.52. The van der Waals surface area contributed by atoms with E-state index in [0.29, 0.717) is 11.4 Å². The van der Waals surface area contributed by atoms with Crippen molar-refractivity contribution >= 4 is 29.0 Å². The molecule has 0 fully saturated rings. The number of H-pyrrole nitrogens is 1. The number of ether oxygens (including phenoxy) is 2. The Morgan fingerprint density at radius 2 is 1.88 bits per heavy atom. The number of Topliss-reactive ketones (excluding diaryl/α,β-unsaturated/α-hetero) is 1. The van der Waals surface area contributed by atoms with Gasteiger partial charge < -0.3 is 14.5 Å². The van der Waals surface area contributed by atoms with Crippen LogP contribution in [0, 0.1) is 24.0 Å². The van der Waals surface area contributed by atoms with E-state index in [-0.39, 0.29) is 40.8 Å². The number of nitro groups is 1. The third-order valence-corrected chi connectivity index (χ3v) is 3.91. The summed E-state index contributed by atoms with van der Waals surface area (Å²) in [4.78, 5) is 37.8. The number of ketones is 1. The summed E-state index contributed by atoms with van der Waals surface area (Å²) in [5.74, 6) is -0.899. The van der Waals surface area contributed by atoms with Crippen molar-refractivity contribution in [2.75, 3.05) is 13.2 Å². The number of esters is 1. The highest BCUT2D eigenvalue weighted by atomic mass is 35.5. The average Bonchev–Trinajstić information content (AvgIpc) is 2.87. The summed E-state index contributed by atoms with van der Waals surface area (Å²) in [6.45, 7) is 4.81. The Balaban J connectivity index is 2.21. The number of halogens is 1. The van der Waals surface area contributed by atoms with Crippen LogP contribution in [0.25, 0.3) is 0 Å². The van der Waals surface area contributed by atoms with Gasteiger partial charge in [-0.05, 0) is 26.8 Å². The van der Waals surface area contributed by atoms with Gasteiger partial charge in [0, 0.05) is 23.5 Å². The first-order valence-electron chi connectivity index (χ1n) is 7.72. The first-order chi connectivity index (χ1) is 12.3. The molecular weight excluding hydrogens is 364 g/mol. The number of carbonyl (C=O) groups excluding carboxylic acids is 2. The number of nitrogens with zero attached hydrogens (tertiary/aromatic N) is 1. The lowest BCUT2D eigenvalue weighted by atomic mass is 10.1. The van der Waals surface area contributed by atoms with Gasteiger partial charge in [-0.25, -0.2) is 4.79 Å². The zero-order chi connectivity index (χ0) is 19.4. The second-order valence-electron chi connectivity index (χ2n) is 5.43. The van der Waals surface area contributed by atoms with Crippen LogP contribution in [0.4, 0.5) is 5.69 Å². The average molecular weight is 381 g/mol. The van der Waals surface area contributed by atoms with E-state index < -0.39 is 16.7 Å². The number of nitro benzene ring substituents is 1. The van der Waals surface area contributed by atoms with E-state index in [1.54, 1.807) is 20.8 Å². The van der Waals surface area contributed by atoms with Crippen molar-refractivity contribution in [3.05, 3.63) is 55.9 Å². The molecule has 0 radical (unpaired) electrons. The number of aryl methyl sites for hydroxylation is 2. The molecule has 8 nitrogen and oxygen atoms in total. The van der Waals surface area contributed by atoms with E-state index in [1.165, 1.54) is 12.1 Å². The number of hydrogen-bond acceptors (Lipinski definition) is 6. The van der Waals surface area contributed by atoms with Crippen LogP contribution in [0.1, 0.15) is 39.0 Å². The maximum absolute atomic E-state index is 12.6. The largest absolute Gasteiger partial charge is 0.484 e. The maximum Gasteiger partial charge on any atom is 0.340 e.